The van der Waals surface area contributed by atoms with E-state index in [4.69, 9.17) is 21.1 Å². The van der Waals surface area contributed by atoms with Crippen LogP contribution >= 0.6 is 11.6 Å². The van der Waals surface area contributed by atoms with Crippen LogP contribution in [0.2, 0.25) is 5.02 Å². The molecule has 1 aliphatic heterocycles. The lowest BCUT2D eigenvalue weighted by Crippen LogP contribution is -2.36. The standard InChI is InChI=1S/C18H20ClNO3.C2H6/c1-22-16-5-3-4-13(18(16)23-2)15-10-20-17(21)8-11-6-7-12(19)9-14(11)15;1-2/h3-7,9,13,15,18H,8,10H2,1-2H3,(H,20,21);1-2H3. The first kappa shape index (κ1) is 19.5. The van der Waals surface area contributed by atoms with Crippen molar-refractivity contribution in [1.82, 2.24) is 5.32 Å². The normalized spacial score (nSPS) is 24.9. The van der Waals surface area contributed by atoms with Crippen LogP contribution in [0.3, 0.4) is 0 Å². The van der Waals surface area contributed by atoms with E-state index >= 15 is 0 Å². The molecule has 1 N–H and O–H groups in total. The summed E-state index contributed by atoms with van der Waals surface area (Å²) in [5.41, 5.74) is 2.12. The van der Waals surface area contributed by atoms with Crippen LogP contribution in [0, 0.1) is 5.92 Å². The van der Waals surface area contributed by atoms with Crippen molar-refractivity contribution in [2.75, 3.05) is 20.8 Å². The van der Waals surface area contributed by atoms with E-state index in [1.54, 1.807) is 14.2 Å². The molecule has 2 aliphatic rings. The van der Waals surface area contributed by atoms with Crippen molar-refractivity contribution in [1.29, 1.82) is 0 Å². The van der Waals surface area contributed by atoms with Gasteiger partial charge in [-0.1, -0.05) is 43.7 Å². The van der Waals surface area contributed by atoms with Gasteiger partial charge in [0.05, 0.1) is 13.5 Å². The maximum atomic E-state index is 12.0. The molecule has 0 radical (unpaired) electrons. The second kappa shape index (κ2) is 9.07. The van der Waals surface area contributed by atoms with Gasteiger partial charge < -0.3 is 14.8 Å². The van der Waals surface area contributed by atoms with Gasteiger partial charge in [0.15, 0.2) is 0 Å². The minimum absolute atomic E-state index is 0.0346. The Balaban J connectivity index is 0.00000109. The topological polar surface area (TPSA) is 47.6 Å². The largest absolute Gasteiger partial charge is 0.498 e. The van der Waals surface area contributed by atoms with Gasteiger partial charge in [0.1, 0.15) is 11.9 Å². The summed E-state index contributed by atoms with van der Waals surface area (Å²) in [5.74, 6) is 0.970. The Morgan fingerprint density at radius 3 is 2.68 bits per heavy atom. The number of allylic oxidation sites excluding steroid dienone is 2. The Kier molecular flexibility index (Phi) is 7.09. The fourth-order valence-electron chi connectivity index (χ4n) is 3.45. The minimum Gasteiger partial charge on any atom is -0.498 e. The van der Waals surface area contributed by atoms with E-state index < -0.39 is 0 Å². The third kappa shape index (κ3) is 4.25. The molecule has 1 aromatic rings. The van der Waals surface area contributed by atoms with Gasteiger partial charge in [-0.3, -0.25) is 4.79 Å². The highest BCUT2D eigenvalue weighted by atomic mass is 35.5. The Hall–Kier alpha value is -1.78. The molecule has 0 saturated carbocycles. The Morgan fingerprint density at radius 1 is 1.24 bits per heavy atom. The number of benzene rings is 1. The summed E-state index contributed by atoms with van der Waals surface area (Å²) in [5, 5.41) is 3.68. The smallest absolute Gasteiger partial charge is 0.224 e. The highest BCUT2D eigenvalue weighted by Crippen LogP contribution is 2.38. The Labute approximate surface area is 154 Å². The summed E-state index contributed by atoms with van der Waals surface area (Å²) in [6, 6.07) is 5.74. The highest BCUT2D eigenvalue weighted by molar-refractivity contribution is 6.30. The van der Waals surface area contributed by atoms with Crippen LogP contribution in [0.25, 0.3) is 0 Å². The number of ether oxygens (including phenoxy) is 2. The number of methoxy groups -OCH3 is 2. The SMILES string of the molecule is CC.COC1=CC=CC(C2CNC(=O)Cc3ccc(Cl)cc32)C1OC. The third-order valence-corrected chi connectivity index (χ3v) is 4.79. The number of halogens is 1. The summed E-state index contributed by atoms with van der Waals surface area (Å²) in [4.78, 5) is 12.0. The molecule has 4 nitrogen and oxygen atoms in total. The third-order valence-electron chi connectivity index (χ3n) is 4.56. The molecule has 3 unspecified atom stereocenters. The number of carbonyl (C=O) groups excluding carboxylic acids is 1. The van der Waals surface area contributed by atoms with Gasteiger partial charge in [0, 0.05) is 30.5 Å². The summed E-state index contributed by atoms with van der Waals surface area (Å²) < 4.78 is 11.1. The van der Waals surface area contributed by atoms with Crippen molar-refractivity contribution in [3.63, 3.8) is 0 Å². The molecule has 3 rings (SSSR count). The van der Waals surface area contributed by atoms with E-state index in [-0.39, 0.29) is 23.8 Å². The quantitative estimate of drug-likeness (QED) is 0.887. The highest BCUT2D eigenvalue weighted by Gasteiger charge is 2.36. The summed E-state index contributed by atoms with van der Waals surface area (Å²) in [6.07, 6.45) is 6.21. The molecule has 1 aromatic carbocycles. The van der Waals surface area contributed by atoms with E-state index in [2.05, 4.69) is 11.4 Å². The lowest BCUT2D eigenvalue weighted by molar-refractivity contribution is -0.120. The van der Waals surface area contributed by atoms with E-state index in [0.29, 0.717) is 18.0 Å². The van der Waals surface area contributed by atoms with Crippen molar-refractivity contribution in [3.8, 4) is 0 Å². The molecule has 25 heavy (non-hydrogen) atoms. The first-order valence-electron chi connectivity index (χ1n) is 8.64. The first-order chi connectivity index (χ1) is 12.1. The van der Waals surface area contributed by atoms with Crippen LogP contribution in [0.5, 0.6) is 0 Å². The molecule has 0 bridgehead atoms. The van der Waals surface area contributed by atoms with Gasteiger partial charge >= 0.3 is 0 Å². The number of hydrogen-bond donors (Lipinski definition) is 1. The maximum Gasteiger partial charge on any atom is 0.224 e. The molecule has 1 heterocycles. The second-order valence-corrected chi connectivity index (χ2v) is 6.26. The number of fused-ring (bicyclic) bond motifs is 1. The second-order valence-electron chi connectivity index (χ2n) is 5.82. The van der Waals surface area contributed by atoms with Crippen molar-refractivity contribution in [2.45, 2.75) is 32.3 Å². The molecule has 136 valence electrons. The van der Waals surface area contributed by atoms with Crippen LogP contribution in [0.1, 0.15) is 30.9 Å². The molecule has 1 amide bonds. The molecule has 0 aromatic heterocycles. The van der Waals surface area contributed by atoms with Gasteiger partial charge in [-0.25, -0.2) is 0 Å². The zero-order valence-corrected chi connectivity index (χ0v) is 16.0. The summed E-state index contributed by atoms with van der Waals surface area (Å²) in [7, 11) is 3.33. The number of amides is 1. The predicted octanol–water partition coefficient (Wildman–Crippen LogP) is 3.85. The van der Waals surface area contributed by atoms with Crippen molar-refractivity contribution < 1.29 is 14.3 Å². The number of rotatable bonds is 3. The van der Waals surface area contributed by atoms with Crippen LogP contribution < -0.4 is 5.32 Å². The van der Waals surface area contributed by atoms with E-state index in [1.165, 1.54) is 0 Å². The predicted molar refractivity (Wildman–Crippen MR) is 101 cm³/mol. The monoisotopic (exact) mass is 363 g/mol. The summed E-state index contributed by atoms with van der Waals surface area (Å²) >= 11 is 6.21. The molecule has 3 atom stereocenters. The lowest BCUT2D eigenvalue weighted by Gasteiger charge is -2.33. The molecule has 0 saturated heterocycles. The number of carbonyl (C=O) groups is 1. The average molecular weight is 364 g/mol. The van der Waals surface area contributed by atoms with Crippen LogP contribution in [-0.4, -0.2) is 32.8 Å². The van der Waals surface area contributed by atoms with Crippen molar-refractivity contribution in [3.05, 3.63) is 58.3 Å². The first-order valence-corrected chi connectivity index (χ1v) is 9.02. The molecule has 1 aliphatic carbocycles. The van der Waals surface area contributed by atoms with Gasteiger partial charge in [0.25, 0.3) is 0 Å². The molecular weight excluding hydrogens is 338 g/mol. The average Bonchev–Trinajstić information content (AvgIpc) is 2.80. The number of hydrogen-bond acceptors (Lipinski definition) is 3. The zero-order valence-electron chi connectivity index (χ0n) is 15.2. The van der Waals surface area contributed by atoms with Crippen LogP contribution in [0.4, 0.5) is 0 Å². The number of nitrogens with one attached hydrogen (secondary N) is 1. The zero-order chi connectivity index (χ0) is 18.4. The maximum absolute atomic E-state index is 12.0. The van der Waals surface area contributed by atoms with E-state index in [0.717, 1.165) is 16.9 Å². The Morgan fingerprint density at radius 2 is 2.00 bits per heavy atom. The van der Waals surface area contributed by atoms with Gasteiger partial charge in [-0.2, -0.15) is 0 Å². The fraction of sp³-hybridized carbons (Fsp3) is 0.450. The molecule has 0 fully saturated rings. The van der Waals surface area contributed by atoms with E-state index in [1.807, 2.05) is 44.2 Å². The molecule has 0 spiro atoms. The van der Waals surface area contributed by atoms with Crippen molar-refractivity contribution >= 4 is 17.5 Å². The van der Waals surface area contributed by atoms with E-state index in [9.17, 15) is 4.79 Å². The van der Waals surface area contributed by atoms with Gasteiger partial charge in [-0.05, 0) is 29.3 Å². The summed E-state index contributed by atoms with van der Waals surface area (Å²) in [6.45, 7) is 4.55. The van der Waals surface area contributed by atoms with Crippen LogP contribution in [0.15, 0.2) is 42.2 Å². The molecular formula is C20H26ClNO3. The minimum atomic E-state index is -0.183. The van der Waals surface area contributed by atoms with Gasteiger partial charge in [-0.15, -0.1) is 0 Å². The lowest BCUT2D eigenvalue weighted by atomic mass is 9.78. The van der Waals surface area contributed by atoms with Gasteiger partial charge in [0.2, 0.25) is 5.91 Å². The van der Waals surface area contributed by atoms with Crippen LogP contribution in [-0.2, 0) is 20.7 Å². The fourth-order valence-corrected chi connectivity index (χ4v) is 3.63. The van der Waals surface area contributed by atoms with Crippen molar-refractivity contribution in [2.24, 2.45) is 5.92 Å². The molecule has 5 heteroatoms. The Bertz CT molecular complexity index is 669.